The SMILES string of the molecule is CS(=O)(=O)NCc1noc2c1CN(C(=O)c1cnccn1)CC2. The zero-order chi connectivity index (χ0) is 16.4. The Morgan fingerprint density at radius 2 is 2.26 bits per heavy atom. The summed E-state index contributed by atoms with van der Waals surface area (Å²) in [5.41, 5.74) is 1.50. The Labute approximate surface area is 132 Å². The Balaban J connectivity index is 1.77. The van der Waals surface area contributed by atoms with E-state index in [1.807, 2.05) is 0 Å². The summed E-state index contributed by atoms with van der Waals surface area (Å²) in [4.78, 5) is 21.9. The summed E-state index contributed by atoms with van der Waals surface area (Å²) in [6.07, 6.45) is 5.97. The zero-order valence-electron chi connectivity index (χ0n) is 12.4. The van der Waals surface area contributed by atoms with Crippen LogP contribution < -0.4 is 4.72 Å². The molecule has 0 aromatic carbocycles. The van der Waals surface area contributed by atoms with E-state index in [2.05, 4.69) is 19.8 Å². The smallest absolute Gasteiger partial charge is 0.274 e. The van der Waals surface area contributed by atoms with Crippen molar-refractivity contribution < 1.29 is 17.7 Å². The van der Waals surface area contributed by atoms with Crippen LogP contribution in [0, 0.1) is 0 Å². The number of sulfonamides is 1. The predicted octanol–water partition coefficient (Wildman–Crippen LogP) is -0.288. The molecule has 10 heteroatoms. The number of nitrogens with zero attached hydrogens (tertiary/aromatic N) is 4. The van der Waals surface area contributed by atoms with Gasteiger partial charge in [0.15, 0.2) is 0 Å². The van der Waals surface area contributed by atoms with Gasteiger partial charge in [0.05, 0.1) is 25.5 Å². The number of fused-ring (bicyclic) bond motifs is 1. The third-order valence-corrected chi connectivity index (χ3v) is 4.15. The first kappa shape index (κ1) is 15.6. The average molecular weight is 337 g/mol. The summed E-state index contributed by atoms with van der Waals surface area (Å²) in [6, 6.07) is 0. The van der Waals surface area contributed by atoms with Crippen molar-refractivity contribution in [2.75, 3.05) is 12.8 Å². The fourth-order valence-electron chi connectivity index (χ4n) is 2.35. The molecule has 0 unspecified atom stereocenters. The van der Waals surface area contributed by atoms with E-state index < -0.39 is 10.0 Å². The van der Waals surface area contributed by atoms with E-state index in [-0.39, 0.29) is 18.1 Å². The molecule has 0 spiro atoms. The van der Waals surface area contributed by atoms with Crippen LogP contribution in [0.25, 0.3) is 0 Å². The van der Waals surface area contributed by atoms with Gasteiger partial charge in [0, 0.05) is 30.9 Å². The van der Waals surface area contributed by atoms with Gasteiger partial charge in [-0.05, 0) is 0 Å². The summed E-state index contributed by atoms with van der Waals surface area (Å²) < 4.78 is 30.0. The van der Waals surface area contributed by atoms with E-state index >= 15 is 0 Å². The lowest BCUT2D eigenvalue weighted by Crippen LogP contribution is -2.36. The Kier molecular flexibility index (Phi) is 4.09. The first-order chi connectivity index (χ1) is 10.9. The molecule has 0 radical (unpaired) electrons. The number of nitrogens with one attached hydrogen (secondary N) is 1. The Hall–Kier alpha value is -2.33. The molecule has 0 saturated carbocycles. The van der Waals surface area contributed by atoms with Gasteiger partial charge in [0.25, 0.3) is 5.91 Å². The van der Waals surface area contributed by atoms with E-state index in [9.17, 15) is 13.2 Å². The van der Waals surface area contributed by atoms with Crippen LogP contribution in [0.3, 0.4) is 0 Å². The van der Waals surface area contributed by atoms with Gasteiger partial charge in [-0.3, -0.25) is 9.78 Å². The molecule has 122 valence electrons. The van der Waals surface area contributed by atoms with Gasteiger partial charge in [-0.25, -0.2) is 18.1 Å². The van der Waals surface area contributed by atoms with Crippen molar-refractivity contribution in [3.05, 3.63) is 41.3 Å². The largest absolute Gasteiger partial charge is 0.361 e. The van der Waals surface area contributed by atoms with Crippen molar-refractivity contribution >= 4 is 15.9 Å². The molecule has 0 atom stereocenters. The third-order valence-electron chi connectivity index (χ3n) is 3.48. The van der Waals surface area contributed by atoms with Gasteiger partial charge < -0.3 is 9.42 Å². The molecular formula is C13H15N5O4S. The van der Waals surface area contributed by atoms with Crippen LogP contribution in [0.5, 0.6) is 0 Å². The normalized spacial score (nSPS) is 14.6. The molecular weight excluding hydrogens is 322 g/mol. The van der Waals surface area contributed by atoms with Crippen LogP contribution in [-0.4, -0.2) is 47.2 Å². The zero-order valence-corrected chi connectivity index (χ0v) is 13.2. The highest BCUT2D eigenvalue weighted by Gasteiger charge is 2.28. The Bertz CT molecular complexity index is 818. The molecule has 0 fully saturated rings. The molecule has 1 amide bonds. The first-order valence-electron chi connectivity index (χ1n) is 6.90. The number of carbonyl (C=O) groups excluding carboxylic acids is 1. The minimum atomic E-state index is -3.33. The summed E-state index contributed by atoms with van der Waals surface area (Å²) in [5, 5.41) is 3.90. The van der Waals surface area contributed by atoms with E-state index in [1.165, 1.54) is 18.6 Å². The average Bonchev–Trinajstić information content (AvgIpc) is 2.94. The standard InChI is InChI=1S/C13H15N5O4S/c1-23(20,21)16-7-10-9-8-18(5-2-12(9)22-17-10)13(19)11-6-14-3-4-15-11/h3-4,6,16H,2,5,7-8H2,1H3. The van der Waals surface area contributed by atoms with Crippen molar-refractivity contribution in [1.29, 1.82) is 0 Å². The maximum atomic E-state index is 12.4. The molecule has 1 N–H and O–H groups in total. The quantitative estimate of drug-likeness (QED) is 0.814. The fraction of sp³-hybridized carbons (Fsp3) is 0.385. The maximum absolute atomic E-state index is 12.4. The second kappa shape index (κ2) is 6.05. The highest BCUT2D eigenvalue weighted by Crippen LogP contribution is 2.23. The molecule has 3 rings (SSSR count). The van der Waals surface area contributed by atoms with Crippen molar-refractivity contribution in [1.82, 2.24) is 24.7 Å². The Morgan fingerprint density at radius 3 is 2.96 bits per heavy atom. The summed E-state index contributed by atoms with van der Waals surface area (Å²) in [6.45, 7) is 0.816. The van der Waals surface area contributed by atoms with E-state index in [4.69, 9.17) is 4.52 Å². The van der Waals surface area contributed by atoms with Crippen molar-refractivity contribution in [3.8, 4) is 0 Å². The van der Waals surface area contributed by atoms with Gasteiger partial charge in [-0.2, -0.15) is 0 Å². The van der Waals surface area contributed by atoms with E-state index in [0.29, 0.717) is 31.0 Å². The van der Waals surface area contributed by atoms with Crippen LogP contribution in [0.15, 0.2) is 23.1 Å². The summed E-state index contributed by atoms with van der Waals surface area (Å²) in [5.74, 6) is 0.450. The highest BCUT2D eigenvalue weighted by atomic mass is 32.2. The van der Waals surface area contributed by atoms with Gasteiger partial charge in [-0.1, -0.05) is 5.16 Å². The lowest BCUT2D eigenvalue weighted by atomic mass is 10.1. The molecule has 0 aliphatic carbocycles. The molecule has 9 nitrogen and oxygen atoms in total. The molecule has 1 aliphatic heterocycles. The molecule has 0 saturated heterocycles. The number of rotatable bonds is 4. The number of hydrogen-bond donors (Lipinski definition) is 1. The lowest BCUT2D eigenvalue weighted by molar-refractivity contribution is 0.0722. The van der Waals surface area contributed by atoms with Crippen LogP contribution in [0.4, 0.5) is 0 Å². The summed E-state index contributed by atoms with van der Waals surface area (Å²) >= 11 is 0. The van der Waals surface area contributed by atoms with Crippen LogP contribution in [-0.2, 0) is 29.5 Å². The number of carbonyl (C=O) groups is 1. The van der Waals surface area contributed by atoms with Crippen molar-refractivity contribution in [2.24, 2.45) is 0 Å². The molecule has 23 heavy (non-hydrogen) atoms. The number of aromatic nitrogens is 3. The highest BCUT2D eigenvalue weighted by molar-refractivity contribution is 7.88. The molecule has 3 heterocycles. The second-order valence-electron chi connectivity index (χ2n) is 5.19. The van der Waals surface area contributed by atoms with Crippen LogP contribution in [0.1, 0.15) is 27.5 Å². The number of amides is 1. The molecule has 2 aromatic rings. The van der Waals surface area contributed by atoms with Crippen LogP contribution >= 0.6 is 0 Å². The Morgan fingerprint density at radius 1 is 1.43 bits per heavy atom. The van der Waals surface area contributed by atoms with E-state index in [0.717, 1.165) is 11.8 Å². The van der Waals surface area contributed by atoms with Crippen LogP contribution in [0.2, 0.25) is 0 Å². The van der Waals surface area contributed by atoms with Crippen molar-refractivity contribution in [3.63, 3.8) is 0 Å². The minimum absolute atomic E-state index is 0.0326. The van der Waals surface area contributed by atoms with Gasteiger partial charge in [0.1, 0.15) is 17.1 Å². The van der Waals surface area contributed by atoms with Crippen molar-refractivity contribution in [2.45, 2.75) is 19.5 Å². The topological polar surface area (TPSA) is 118 Å². The lowest BCUT2D eigenvalue weighted by Gasteiger charge is -2.25. The van der Waals surface area contributed by atoms with Gasteiger partial charge >= 0.3 is 0 Å². The second-order valence-corrected chi connectivity index (χ2v) is 7.02. The molecule has 0 bridgehead atoms. The summed E-state index contributed by atoms with van der Waals surface area (Å²) in [7, 11) is -3.33. The monoisotopic (exact) mass is 337 g/mol. The minimum Gasteiger partial charge on any atom is -0.361 e. The molecule has 1 aliphatic rings. The fourth-order valence-corrected chi connectivity index (χ4v) is 2.75. The van der Waals surface area contributed by atoms with E-state index in [1.54, 1.807) is 4.90 Å². The number of hydrogen-bond acceptors (Lipinski definition) is 7. The molecule has 2 aromatic heterocycles. The van der Waals surface area contributed by atoms with Gasteiger partial charge in [-0.15, -0.1) is 0 Å². The third kappa shape index (κ3) is 3.54. The van der Waals surface area contributed by atoms with Gasteiger partial charge in [0.2, 0.25) is 10.0 Å². The first-order valence-corrected chi connectivity index (χ1v) is 8.79. The maximum Gasteiger partial charge on any atom is 0.274 e. The predicted molar refractivity (Wildman–Crippen MR) is 78.7 cm³/mol.